The lowest BCUT2D eigenvalue weighted by Crippen LogP contribution is -2.52. The molecule has 0 aromatic carbocycles. The summed E-state index contributed by atoms with van der Waals surface area (Å²) in [5.74, 6) is 0.153. The van der Waals surface area contributed by atoms with Gasteiger partial charge in [0, 0.05) is 32.6 Å². The van der Waals surface area contributed by atoms with Crippen LogP contribution in [0.25, 0.3) is 0 Å². The van der Waals surface area contributed by atoms with Gasteiger partial charge in [-0.05, 0) is 19.3 Å². The van der Waals surface area contributed by atoms with Crippen LogP contribution in [-0.4, -0.2) is 55.0 Å². The molecule has 2 aliphatic rings. The third-order valence-corrected chi connectivity index (χ3v) is 6.54. The maximum absolute atomic E-state index is 12.4. The van der Waals surface area contributed by atoms with E-state index in [2.05, 4.69) is 0 Å². The summed E-state index contributed by atoms with van der Waals surface area (Å²) >= 11 is 0. The zero-order chi connectivity index (χ0) is 13.9. The Balaban J connectivity index is 1.90. The molecule has 1 amide bonds. The molecule has 0 atom stereocenters. The number of amides is 1. The molecule has 2 fully saturated rings. The summed E-state index contributed by atoms with van der Waals surface area (Å²) in [4.78, 5) is 13.6. The number of rotatable bonds is 4. The number of carbonyl (C=O) groups excluding carboxylic acids is 1. The molecule has 5 nitrogen and oxygen atoms in total. The van der Waals surface area contributed by atoms with Gasteiger partial charge in [-0.2, -0.15) is 4.31 Å². The van der Waals surface area contributed by atoms with Crippen LogP contribution >= 0.6 is 0 Å². The first-order chi connectivity index (χ1) is 9.05. The van der Waals surface area contributed by atoms with Crippen molar-refractivity contribution < 1.29 is 13.2 Å². The first-order valence-corrected chi connectivity index (χ1v) is 8.82. The lowest BCUT2D eigenvalue weighted by Gasteiger charge is -2.35. The lowest BCUT2D eigenvalue weighted by molar-refractivity contribution is -0.132. The van der Waals surface area contributed by atoms with E-state index in [1.165, 1.54) is 0 Å². The number of hydrogen-bond donors (Lipinski definition) is 0. The molecule has 1 heterocycles. The number of piperazine rings is 1. The van der Waals surface area contributed by atoms with E-state index in [9.17, 15) is 13.2 Å². The Hall–Kier alpha value is -0.620. The zero-order valence-corrected chi connectivity index (χ0v) is 12.5. The van der Waals surface area contributed by atoms with Crippen molar-refractivity contribution in [3.8, 4) is 0 Å². The van der Waals surface area contributed by atoms with Crippen LogP contribution in [0.5, 0.6) is 0 Å². The van der Waals surface area contributed by atoms with Crippen molar-refractivity contribution in [2.75, 3.05) is 26.2 Å². The molecule has 110 valence electrons. The molecule has 0 bridgehead atoms. The maximum atomic E-state index is 12.4. The molecule has 1 saturated carbocycles. The van der Waals surface area contributed by atoms with Crippen molar-refractivity contribution in [3.05, 3.63) is 0 Å². The summed E-state index contributed by atoms with van der Waals surface area (Å²) in [5.41, 5.74) is 0. The summed E-state index contributed by atoms with van der Waals surface area (Å²) < 4.78 is 26.4. The van der Waals surface area contributed by atoms with Crippen LogP contribution in [0.15, 0.2) is 0 Å². The standard InChI is InChI=1S/C13H24N2O3S/c1-2-5-13(16)14-8-10-15(11-9-14)19(17,18)12-6-3-4-7-12/h12H,2-11H2,1H3. The van der Waals surface area contributed by atoms with Gasteiger partial charge < -0.3 is 4.90 Å². The van der Waals surface area contributed by atoms with E-state index in [-0.39, 0.29) is 11.2 Å². The van der Waals surface area contributed by atoms with E-state index in [0.717, 1.165) is 32.1 Å². The lowest BCUT2D eigenvalue weighted by atomic mass is 10.2. The first-order valence-electron chi connectivity index (χ1n) is 7.32. The Bertz CT molecular complexity index is 408. The highest BCUT2D eigenvalue weighted by molar-refractivity contribution is 7.89. The van der Waals surface area contributed by atoms with Crippen LogP contribution in [0.2, 0.25) is 0 Å². The molecule has 1 saturated heterocycles. The number of carbonyl (C=O) groups is 1. The van der Waals surface area contributed by atoms with Crippen molar-refractivity contribution in [2.45, 2.75) is 50.7 Å². The van der Waals surface area contributed by atoms with Gasteiger partial charge in [0.25, 0.3) is 0 Å². The molecule has 6 heteroatoms. The molecule has 0 unspecified atom stereocenters. The van der Waals surface area contributed by atoms with E-state index in [0.29, 0.717) is 32.6 Å². The number of nitrogens with zero attached hydrogens (tertiary/aromatic N) is 2. The second-order valence-electron chi connectivity index (χ2n) is 5.48. The second-order valence-corrected chi connectivity index (χ2v) is 7.69. The summed E-state index contributed by atoms with van der Waals surface area (Å²) in [6.45, 7) is 4.01. The number of hydrogen-bond acceptors (Lipinski definition) is 3. The summed E-state index contributed by atoms with van der Waals surface area (Å²) in [7, 11) is -3.13. The first kappa shape index (κ1) is 14.8. The minimum atomic E-state index is -3.13. The molecule has 1 aliphatic heterocycles. The molecule has 0 spiro atoms. The van der Waals surface area contributed by atoms with Gasteiger partial charge in [-0.25, -0.2) is 8.42 Å². The van der Waals surface area contributed by atoms with Crippen LogP contribution < -0.4 is 0 Å². The topological polar surface area (TPSA) is 57.7 Å². The van der Waals surface area contributed by atoms with E-state index < -0.39 is 10.0 Å². The van der Waals surface area contributed by atoms with Crippen LogP contribution in [0.3, 0.4) is 0 Å². The van der Waals surface area contributed by atoms with Crippen molar-refractivity contribution in [1.29, 1.82) is 0 Å². The van der Waals surface area contributed by atoms with Crippen LogP contribution in [0.4, 0.5) is 0 Å². The quantitative estimate of drug-likeness (QED) is 0.781. The van der Waals surface area contributed by atoms with E-state index in [1.807, 2.05) is 6.92 Å². The normalized spacial score (nSPS) is 22.9. The Labute approximate surface area is 116 Å². The zero-order valence-electron chi connectivity index (χ0n) is 11.7. The van der Waals surface area contributed by atoms with Crippen LogP contribution in [-0.2, 0) is 14.8 Å². The van der Waals surface area contributed by atoms with Gasteiger partial charge in [-0.1, -0.05) is 19.8 Å². The summed E-state index contributed by atoms with van der Waals surface area (Å²) in [6, 6.07) is 0. The highest BCUT2D eigenvalue weighted by atomic mass is 32.2. The number of sulfonamides is 1. The Kier molecular flexibility index (Phi) is 4.84. The van der Waals surface area contributed by atoms with Gasteiger partial charge in [0.05, 0.1) is 5.25 Å². The van der Waals surface area contributed by atoms with E-state index in [1.54, 1.807) is 9.21 Å². The molecular weight excluding hydrogens is 264 g/mol. The smallest absolute Gasteiger partial charge is 0.222 e. The highest BCUT2D eigenvalue weighted by Crippen LogP contribution is 2.27. The van der Waals surface area contributed by atoms with Gasteiger partial charge in [0.15, 0.2) is 0 Å². The van der Waals surface area contributed by atoms with Gasteiger partial charge >= 0.3 is 0 Å². The Morgan fingerprint density at radius 3 is 2.21 bits per heavy atom. The third-order valence-electron chi connectivity index (χ3n) is 4.14. The Morgan fingerprint density at radius 2 is 1.68 bits per heavy atom. The molecule has 0 N–H and O–H groups in total. The SMILES string of the molecule is CCCC(=O)N1CCN(S(=O)(=O)C2CCCC2)CC1. The molecule has 0 aromatic heterocycles. The second kappa shape index (κ2) is 6.22. The largest absolute Gasteiger partial charge is 0.340 e. The van der Waals surface area contributed by atoms with Crippen molar-refractivity contribution in [3.63, 3.8) is 0 Å². The van der Waals surface area contributed by atoms with Crippen molar-refractivity contribution in [1.82, 2.24) is 9.21 Å². The van der Waals surface area contributed by atoms with Gasteiger partial charge in [0.2, 0.25) is 15.9 Å². The predicted octanol–water partition coefficient (Wildman–Crippen LogP) is 1.20. The molecule has 1 aliphatic carbocycles. The monoisotopic (exact) mass is 288 g/mol. The minimum absolute atomic E-state index is 0.153. The maximum Gasteiger partial charge on any atom is 0.222 e. The van der Waals surface area contributed by atoms with Gasteiger partial charge in [-0.3, -0.25) is 4.79 Å². The Morgan fingerprint density at radius 1 is 1.11 bits per heavy atom. The third kappa shape index (κ3) is 3.28. The average Bonchev–Trinajstić information content (AvgIpc) is 2.94. The van der Waals surface area contributed by atoms with Crippen molar-refractivity contribution in [2.24, 2.45) is 0 Å². The van der Waals surface area contributed by atoms with Crippen molar-refractivity contribution >= 4 is 15.9 Å². The fraction of sp³-hybridized carbons (Fsp3) is 0.923. The molecular formula is C13H24N2O3S. The van der Waals surface area contributed by atoms with Gasteiger partial charge in [-0.15, -0.1) is 0 Å². The average molecular weight is 288 g/mol. The molecule has 0 aromatic rings. The highest BCUT2D eigenvalue weighted by Gasteiger charge is 2.36. The molecule has 2 rings (SSSR count). The van der Waals surface area contributed by atoms with E-state index >= 15 is 0 Å². The van der Waals surface area contributed by atoms with Crippen LogP contribution in [0.1, 0.15) is 45.4 Å². The van der Waals surface area contributed by atoms with E-state index in [4.69, 9.17) is 0 Å². The minimum Gasteiger partial charge on any atom is -0.340 e. The van der Waals surface area contributed by atoms with Crippen LogP contribution in [0, 0.1) is 0 Å². The summed E-state index contributed by atoms with van der Waals surface area (Å²) in [6.07, 6.45) is 5.07. The summed E-state index contributed by atoms with van der Waals surface area (Å²) in [5, 5.41) is -0.176. The fourth-order valence-electron chi connectivity index (χ4n) is 2.96. The van der Waals surface area contributed by atoms with Gasteiger partial charge in [0.1, 0.15) is 0 Å². The predicted molar refractivity (Wildman–Crippen MR) is 74.2 cm³/mol. The molecule has 0 radical (unpaired) electrons. The molecule has 19 heavy (non-hydrogen) atoms. The fourth-order valence-corrected chi connectivity index (χ4v) is 4.98.